The van der Waals surface area contributed by atoms with Crippen LogP contribution in [0, 0.1) is 0 Å². The molecule has 0 radical (unpaired) electrons. The van der Waals surface area contributed by atoms with E-state index in [2.05, 4.69) is 9.97 Å². The lowest BCUT2D eigenvalue weighted by molar-refractivity contribution is -0.176. The highest BCUT2D eigenvalue weighted by Gasteiger charge is 1.98. The van der Waals surface area contributed by atoms with Crippen LogP contribution in [0.3, 0.4) is 0 Å². The molecule has 0 saturated carbocycles. The summed E-state index contributed by atoms with van der Waals surface area (Å²) in [5.41, 5.74) is 3.80. The molecule has 0 bridgehead atoms. The lowest BCUT2D eigenvalue weighted by Crippen LogP contribution is -1.85. The van der Waals surface area contributed by atoms with Gasteiger partial charge in [0.1, 0.15) is 0 Å². The van der Waals surface area contributed by atoms with Crippen LogP contribution in [-0.4, -0.2) is 20.5 Å². The van der Waals surface area contributed by atoms with Gasteiger partial charge in [0.2, 0.25) is 0 Å². The zero-order valence-corrected chi connectivity index (χ0v) is 8.41. The van der Waals surface area contributed by atoms with E-state index in [9.17, 15) is 0 Å². The minimum atomic E-state index is 0.950. The molecule has 2 aromatic carbocycles. The van der Waals surface area contributed by atoms with E-state index in [1.54, 1.807) is 0 Å². The van der Waals surface area contributed by atoms with Crippen LogP contribution in [0.2, 0.25) is 0 Å². The monoisotopic (exact) mass is 214 g/mol. The minimum absolute atomic E-state index is 0.950. The molecular formula is C12H10N2O2. The molecule has 0 aliphatic heterocycles. The molecule has 0 aliphatic carbocycles. The van der Waals surface area contributed by atoms with E-state index >= 15 is 0 Å². The quantitative estimate of drug-likeness (QED) is 0.343. The van der Waals surface area contributed by atoms with Crippen molar-refractivity contribution in [2.75, 3.05) is 0 Å². The first-order valence-corrected chi connectivity index (χ1v) is 4.75. The number of hydrogen-bond donors (Lipinski definition) is 2. The van der Waals surface area contributed by atoms with Crippen LogP contribution in [0.25, 0.3) is 22.1 Å². The predicted molar refractivity (Wildman–Crippen MR) is 62.3 cm³/mol. The average Bonchev–Trinajstić information content (AvgIpc) is 2.38. The number of nitrogens with zero attached hydrogens (tertiary/aromatic N) is 2. The Morgan fingerprint density at radius 2 is 0.812 bits per heavy atom. The average molecular weight is 214 g/mol. The third kappa shape index (κ3) is 1.84. The summed E-state index contributed by atoms with van der Waals surface area (Å²) in [6.07, 6.45) is 0. The van der Waals surface area contributed by atoms with Crippen LogP contribution in [0.15, 0.2) is 48.5 Å². The van der Waals surface area contributed by atoms with Crippen LogP contribution in [0.5, 0.6) is 0 Å². The number of hydrogen-bond acceptors (Lipinski definition) is 4. The summed E-state index contributed by atoms with van der Waals surface area (Å²) in [5.74, 6) is 0. The topological polar surface area (TPSA) is 66.2 Å². The Bertz CT molecular complexity index is 506. The van der Waals surface area contributed by atoms with Crippen LogP contribution in [0.1, 0.15) is 0 Å². The van der Waals surface area contributed by atoms with E-state index in [0.717, 1.165) is 22.1 Å². The van der Waals surface area contributed by atoms with Crippen molar-refractivity contribution in [1.29, 1.82) is 0 Å². The summed E-state index contributed by atoms with van der Waals surface area (Å²) in [6.45, 7) is 0. The molecule has 16 heavy (non-hydrogen) atoms. The van der Waals surface area contributed by atoms with E-state index < -0.39 is 0 Å². The smallest absolute Gasteiger partial charge is 0.0894 e. The zero-order valence-electron chi connectivity index (χ0n) is 8.41. The molecule has 3 aromatic rings. The van der Waals surface area contributed by atoms with Crippen LogP contribution >= 0.6 is 0 Å². The largest absolute Gasteiger partial charge is 0.255 e. The lowest BCUT2D eigenvalue weighted by Gasteiger charge is -1.98. The maximum absolute atomic E-state index is 6.00. The highest BCUT2D eigenvalue weighted by Crippen LogP contribution is 2.14. The van der Waals surface area contributed by atoms with Gasteiger partial charge in [-0.3, -0.25) is 10.5 Å². The molecule has 1 heterocycles. The molecular weight excluding hydrogens is 204 g/mol. The van der Waals surface area contributed by atoms with E-state index in [-0.39, 0.29) is 0 Å². The number of para-hydroxylation sites is 4. The van der Waals surface area contributed by atoms with Gasteiger partial charge in [-0.15, -0.1) is 0 Å². The van der Waals surface area contributed by atoms with Crippen molar-refractivity contribution in [1.82, 2.24) is 9.97 Å². The Morgan fingerprint density at radius 3 is 1.06 bits per heavy atom. The first-order chi connectivity index (χ1) is 7.93. The fraction of sp³-hybridized carbons (Fsp3) is 0. The predicted octanol–water partition coefficient (Wildman–Crippen LogP) is 2.80. The molecule has 0 atom stereocenters. The van der Waals surface area contributed by atoms with Gasteiger partial charge in [0, 0.05) is 0 Å². The lowest BCUT2D eigenvalue weighted by atomic mass is 10.2. The second-order valence-corrected chi connectivity index (χ2v) is 3.20. The van der Waals surface area contributed by atoms with Crippen LogP contribution < -0.4 is 0 Å². The van der Waals surface area contributed by atoms with Gasteiger partial charge >= 0.3 is 0 Å². The Kier molecular flexibility index (Phi) is 3.05. The van der Waals surface area contributed by atoms with Crippen molar-refractivity contribution in [2.24, 2.45) is 0 Å². The van der Waals surface area contributed by atoms with Gasteiger partial charge in [0.25, 0.3) is 0 Å². The number of fused-ring (bicyclic) bond motifs is 2. The fourth-order valence-corrected chi connectivity index (χ4v) is 1.57. The highest BCUT2D eigenvalue weighted by atomic mass is 17.0. The molecule has 1 aromatic heterocycles. The van der Waals surface area contributed by atoms with Gasteiger partial charge in [-0.2, -0.15) is 0 Å². The molecule has 4 heteroatoms. The molecule has 80 valence electrons. The van der Waals surface area contributed by atoms with Crippen LogP contribution in [0.4, 0.5) is 0 Å². The Labute approximate surface area is 91.8 Å². The first-order valence-electron chi connectivity index (χ1n) is 4.75. The van der Waals surface area contributed by atoms with Gasteiger partial charge in [-0.25, -0.2) is 9.97 Å². The van der Waals surface area contributed by atoms with Gasteiger partial charge in [0.15, 0.2) is 0 Å². The number of rotatable bonds is 0. The Hall–Kier alpha value is -2.04. The summed E-state index contributed by atoms with van der Waals surface area (Å²) in [7, 11) is 0. The molecule has 0 amide bonds. The van der Waals surface area contributed by atoms with Gasteiger partial charge in [-0.1, -0.05) is 24.3 Å². The van der Waals surface area contributed by atoms with Crippen molar-refractivity contribution in [3.05, 3.63) is 48.5 Å². The molecule has 0 aliphatic rings. The normalized spacial score (nSPS) is 9.88. The molecule has 3 rings (SSSR count). The molecule has 4 nitrogen and oxygen atoms in total. The summed E-state index contributed by atoms with van der Waals surface area (Å²) < 4.78 is 0. The minimum Gasteiger partial charge on any atom is -0.255 e. The Morgan fingerprint density at radius 1 is 0.562 bits per heavy atom. The molecule has 0 spiro atoms. The molecule has 2 N–H and O–H groups in total. The first kappa shape index (κ1) is 10.5. The van der Waals surface area contributed by atoms with Gasteiger partial charge in [-0.05, 0) is 24.3 Å². The van der Waals surface area contributed by atoms with Crippen LogP contribution in [-0.2, 0) is 0 Å². The summed E-state index contributed by atoms with van der Waals surface area (Å²) >= 11 is 0. The second kappa shape index (κ2) is 4.65. The van der Waals surface area contributed by atoms with Crippen molar-refractivity contribution in [2.45, 2.75) is 0 Å². The van der Waals surface area contributed by atoms with Gasteiger partial charge in [0.05, 0.1) is 22.1 Å². The fourth-order valence-electron chi connectivity index (χ4n) is 1.57. The van der Waals surface area contributed by atoms with Crippen molar-refractivity contribution >= 4 is 22.1 Å². The van der Waals surface area contributed by atoms with E-state index in [1.807, 2.05) is 48.5 Å². The van der Waals surface area contributed by atoms with Crippen molar-refractivity contribution in [3.8, 4) is 0 Å². The zero-order chi connectivity index (χ0) is 11.4. The maximum atomic E-state index is 6.00. The SMILES string of the molecule is OO.c1ccc2nc3ccccc3nc2c1. The molecule has 0 fully saturated rings. The second-order valence-electron chi connectivity index (χ2n) is 3.20. The third-order valence-electron chi connectivity index (χ3n) is 2.25. The van der Waals surface area contributed by atoms with Crippen molar-refractivity contribution in [3.63, 3.8) is 0 Å². The molecule has 0 saturated heterocycles. The highest BCUT2D eigenvalue weighted by molar-refractivity contribution is 5.85. The summed E-state index contributed by atoms with van der Waals surface area (Å²) in [5, 5.41) is 12.0. The van der Waals surface area contributed by atoms with Crippen molar-refractivity contribution < 1.29 is 10.5 Å². The maximum Gasteiger partial charge on any atom is 0.0894 e. The van der Waals surface area contributed by atoms with Gasteiger partial charge < -0.3 is 0 Å². The summed E-state index contributed by atoms with van der Waals surface area (Å²) in [4.78, 5) is 9.03. The third-order valence-corrected chi connectivity index (χ3v) is 2.25. The molecule has 0 unspecified atom stereocenters. The van der Waals surface area contributed by atoms with E-state index in [4.69, 9.17) is 10.5 Å². The van der Waals surface area contributed by atoms with E-state index in [1.165, 1.54) is 0 Å². The van der Waals surface area contributed by atoms with E-state index in [0.29, 0.717) is 0 Å². The number of benzene rings is 2. The summed E-state index contributed by atoms with van der Waals surface area (Å²) in [6, 6.07) is 15.8. The standard InChI is InChI=1S/C12H8N2.H2O2/c1-2-6-10-9(5-1)13-11-7-3-4-8-12(11)14-10;1-2/h1-8H;1-2H. The Balaban J connectivity index is 0.000000457. The number of aromatic nitrogens is 2.